The van der Waals surface area contributed by atoms with Crippen molar-refractivity contribution in [3.05, 3.63) is 92.3 Å². The summed E-state index contributed by atoms with van der Waals surface area (Å²) in [6.07, 6.45) is 7.51. The molecule has 2 aromatic rings. The van der Waals surface area contributed by atoms with E-state index in [0.29, 0.717) is 36.4 Å². The number of allylic oxidation sites excluding steroid dienone is 2. The second-order valence-corrected chi connectivity index (χ2v) is 11.4. The van der Waals surface area contributed by atoms with Gasteiger partial charge in [0.05, 0.1) is 42.3 Å². The van der Waals surface area contributed by atoms with E-state index in [1.807, 2.05) is 12.1 Å². The molecule has 46 heavy (non-hydrogen) atoms. The molecule has 1 saturated heterocycles. The second-order valence-electron chi connectivity index (χ2n) is 11.4. The number of nitrogens with one attached hydrogen (secondary N) is 1. The summed E-state index contributed by atoms with van der Waals surface area (Å²) in [5, 5.41) is 14.5. The van der Waals surface area contributed by atoms with Gasteiger partial charge in [-0.3, -0.25) is 10.1 Å². The molecule has 0 aromatic heterocycles. The zero-order valence-electron chi connectivity index (χ0n) is 26.9. The Morgan fingerprint density at radius 1 is 0.935 bits per heavy atom. The van der Waals surface area contributed by atoms with Crippen LogP contribution in [-0.4, -0.2) is 56.7 Å². The van der Waals surface area contributed by atoms with Gasteiger partial charge in [-0.25, -0.2) is 9.59 Å². The molecule has 1 N–H and O–H groups in total. The number of nitrogens with zero attached hydrogens (tertiary/aromatic N) is 1. The summed E-state index contributed by atoms with van der Waals surface area (Å²) in [6, 6.07) is 14.0. The Labute approximate surface area is 270 Å². The minimum Gasteiger partial charge on any atom is -0.494 e. The highest BCUT2D eigenvalue weighted by Crippen LogP contribution is 2.40. The van der Waals surface area contributed by atoms with Crippen LogP contribution in [-0.2, 0) is 35.0 Å². The van der Waals surface area contributed by atoms with Crippen LogP contribution >= 0.6 is 0 Å². The third kappa shape index (κ3) is 9.64. The lowest BCUT2D eigenvalue weighted by Crippen LogP contribution is -2.32. The number of nitro benzene ring substituents is 1. The minimum absolute atomic E-state index is 0.0314. The maximum atomic E-state index is 13.4. The number of non-ortho nitro benzene ring substituents is 1. The maximum absolute atomic E-state index is 13.4. The number of carbonyl (C=O) groups excluding carboxylic acids is 2. The van der Waals surface area contributed by atoms with Gasteiger partial charge in [-0.1, -0.05) is 24.3 Å². The third-order valence-electron chi connectivity index (χ3n) is 8.07. The van der Waals surface area contributed by atoms with Crippen LogP contribution in [0.15, 0.2) is 71.1 Å². The van der Waals surface area contributed by atoms with Crippen LogP contribution in [0.5, 0.6) is 5.75 Å². The van der Waals surface area contributed by atoms with Crippen LogP contribution < -0.4 is 10.1 Å². The van der Waals surface area contributed by atoms with Gasteiger partial charge in [0, 0.05) is 36.7 Å². The van der Waals surface area contributed by atoms with E-state index in [0.717, 1.165) is 51.1 Å². The number of unbranched alkanes of at least 4 members (excludes halogenated alkanes) is 2. The van der Waals surface area contributed by atoms with Crippen molar-refractivity contribution in [2.45, 2.75) is 77.4 Å². The van der Waals surface area contributed by atoms with Gasteiger partial charge in [-0.2, -0.15) is 0 Å². The van der Waals surface area contributed by atoms with Crippen molar-refractivity contribution in [3.8, 4) is 5.75 Å². The molecule has 0 spiro atoms. The standard InChI is InChI=1S/C35H44N2O9/c1-24-31(34(38)42-3)33(27-12-10-13-28(23-27)37(40)41)32(25(2)36-24)35(39)46-22-9-8-19-43-29-17-15-26(16-18-29)11-4-6-20-44-30-14-5-7-21-45-30/h10,12-13,15-18,23,30,33,36H,4-9,11,14,19-22H2,1-3H3. The number of aryl methyl sites for hydroxylation is 1. The molecular formula is C35H44N2O9. The van der Waals surface area contributed by atoms with E-state index < -0.39 is 22.8 Å². The molecule has 0 aliphatic carbocycles. The molecule has 1 fully saturated rings. The summed E-state index contributed by atoms with van der Waals surface area (Å²) in [7, 11) is 1.25. The number of esters is 2. The number of rotatable bonds is 16. The number of dihydropyridines is 1. The predicted octanol–water partition coefficient (Wildman–Crippen LogP) is 6.27. The SMILES string of the molecule is COC(=O)C1=C(C)NC(C)=C(C(=O)OCCCCOc2ccc(CCCCOC3CCCCO3)cc2)C1c1cccc([N+](=O)[O-])c1. The van der Waals surface area contributed by atoms with Crippen LogP contribution in [0.4, 0.5) is 5.69 Å². The van der Waals surface area contributed by atoms with Gasteiger partial charge in [0.2, 0.25) is 0 Å². The van der Waals surface area contributed by atoms with Crippen LogP contribution in [0, 0.1) is 10.1 Å². The van der Waals surface area contributed by atoms with Gasteiger partial charge < -0.3 is 29.0 Å². The Morgan fingerprint density at radius 3 is 2.35 bits per heavy atom. The van der Waals surface area contributed by atoms with Gasteiger partial charge in [0.15, 0.2) is 6.29 Å². The summed E-state index contributed by atoms with van der Waals surface area (Å²) in [4.78, 5) is 37.1. The Balaban J connectivity index is 1.22. The number of benzene rings is 2. The average molecular weight is 637 g/mol. The molecule has 248 valence electrons. The van der Waals surface area contributed by atoms with Crippen molar-refractivity contribution < 1.29 is 38.2 Å². The Morgan fingerprint density at radius 2 is 1.65 bits per heavy atom. The molecule has 2 unspecified atom stereocenters. The lowest BCUT2D eigenvalue weighted by atomic mass is 9.80. The van der Waals surface area contributed by atoms with Crippen molar-refractivity contribution in [1.82, 2.24) is 5.32 Å². The fourth-order valence-corrected chi connectivity index (χ4v) is 5.67. The first-order valence-electron chi connectivity index (χ1n) is 15.9. The van der Waals surface area contributed by atoms with Gasteiger partial charge in [0.25, 0.3) is 5.69 Å². The summed E-state index contributed by atoms with van der Waals surface area (Å²) in [6.45, 7) is 5.53. The summed E-state index contributed by atoms with van der Waals surface area (Å²) >= 11 is 0. The van der Waals surface area contributed by atoms with Crippen molar-refractivity contribution in [2.75, 3.05) is 33.5 Å². The number of methoxy groups -OCH3 is 1. The van der Waals surface area contributed by atoms with Crippen molar-refractivity contribution in [1.29, 1.82) is 0 Å². The fraction of sp³-hybridized carbons (Fsp3) is 0.486. The Kier molecular flexibility index (Phi) is 13.2. The lowest BCUT2D eigenvalue weighted by Gasteiger charge is -2.30. The van der Waals surface area contributed by atoms with Gasteiger partial charge in [-0.15, -0.1) is 0 Å². The van der Waals surface area contributed by atoms with Crippen molar-refractivity contribution in [2.24, 2.45) is 0 Å². The molecular weight excluding hydrogens is 592 g/mol. The number of carbonyl (C=O) groups is 2. The summed E-state index contributed by atoms with van der Waals surface area (Å²) in [5.41, 5.74) is 2.91. The van der Waals surface area contributed by atoms with E-state index in [-0.39, 0.29) is 29.7 Å². The topological polar surface area (TPSA) is 135 Å². The van der Waals surface area contributed by atoms with Crippen LogP contribution in [0.25, 0.3) is 0 Å². The van der Waals surface area contributed by atoms with E-state index in [1.165, 1.54) is 37.3 Å². The molecule has 0 radical (unpaired) electrons. The zero-order valence-corrected chi connectivity index (χ0v) is 26.9. The predicted molar refractivity (Wildman–Crippen MR) is 171 cm³/mol. The van der Waals surface area contributed by atoms with Gasteiger partial charge >= 0.3 is 11.9 Å². The minimum atomic E-state index is -0.892. The van der Waals surface area contributed by atoms with E-state index in [9.17, 15) is 19.7 Å². The highest BCUT2D eigenvalue weighted by molar-refractivity contribution is 5.99. The molecule has 2 aliphatic heterocycles. The molecule has 4 rings (SSSR count). The normalized spacial score (nSPS) is 18.2. The monoisotopic (exact) mass is 636 g/mol. The van der Waals surface area contributed by atoms with E-state index >= 15 is 0 Å². The van der Waals surface area contributed by atoms with Crippen LogP contribution in [0.3, 0.4) is 0 Å². The second kappa shape index (κ2) is 17.5. The maximum Gasteiger partial charge on any atom is 0.336 e. The Hall–Kier alpha value is -4.22. The highest BCUT2D eigenvalue weighted by atomic mass is 16.7. The van der Waals surface area contributed by atoms with Crippen molar-refractivity contribution >= 4 is 17.6 Å². The first kappa shape index (κ1) is 34.6. The molecule has 2 atom stereocenters. The third-order valence-corrected chi connectivity index (χ3v) is 8.07. The average Bonchev–Trinajstić information content (AvgIpc) is 3.06. The van der Waals surface area contributed by atoms with Crippen LogP contribution in [0.1, 0.15) is 75.8 Å². The number of nitro groups is 1. The molecule has 11 nitrogen and oxygen atoms in total. The number of hydrogen-bond acceptors (Lipinski definition) is 10. The zero-order chi connectivity index (χ0) is 32.9. The first-order valence-corrected chi connectivity index (χ1v) is 15.9. The number of hydrogen-bond donors (Lipinski definition) is 1. The van der Waals surface area contributed by atoms with Crippen LogP contribution in [0.2, 0.25) is 0 Å². The number of ether oxygens (including phenoxy) is 5. The molecule has 11 heteroatoms. The molecule has 0 bridgehead atoms. The van der Waals surface area contributed by atoms with Gasteiger partial charge in [0.1, 0.15) is 5.75 Å². The van der Waals surface area contributed by atoms with E-state index in [1.54, 1.807) is 19.9 Å². The van der Waals surface area contributed by atoms with Crippen molar-refractivity contribution in [3.63, 3.8) is 0 Å². The summed E-state index contributed by atoms with van der Waals surface area (Å²) in [5.74, 6) is -1.36. The molecule has 0 saturated carbocycles. The first-order chi connectivity index (χ1) is 22.3. The van der Waals surface area contributed by atoms with E-state index in [4.69, 9.17) is 23.7 Å². The fourth-order valence-electron chi connectivity index (χ4n) is 5.67. The van der Waals surface area contributed by atoms with Gasteiger partial charge in [-0.05, 0) is 88.5 Å². The van der Waals surface area contributed by atoms with E-state index in [2.05, 4.69) is 17.4 Å². The molecule has 2 aliphatic rings. The summed E-state index contributed by atoms with van der Waals surface area (Å²) < 4.78 is 27.9. The largest absolute Gasteiger partial charge is 0.494 e. The Bertz CT molecular complexity index is 1410. The molecule has 0 amide bonds. The molecule has 2 aromatic carbocycles. The molecule has 2 heterocycles. The quantitative estimate of drug-likeness (QED) is 0.0972. The highest BCUT2D eigenvalue weighted by Gasteiger charge is 2.38. The smallest absolute Gasteiger partial charge is 0.336 e. The lowest BCUT2D eigenvalue weighted by molar-refractivity contribution is -0.384.